The van der Waals surface area contributed by atoms with Gasteiger partial charge in [0.2, 0.25) is 0 Å². The summed E-state index contributed by atoms with van der Waals surface area (Å²) in [7, 11) is 0. The zero-order valence-electron chi connectivity index (χ0n) is 11.1. The molecule has 0 spiro atoms. The summed E-state index contributed by atoms with van der Waals surface area (Å²) in [6.07, 6.45) is 11.1. The average Bonchev–Trinajstić information content (AvgIpc) is 3.10. The normalized spacial score (nSPS) is 24.7. The van der Waals surface area contributed by atoms with E-state index in [0.717, 1.165) is 25.6 Å². The maximum Gasteiger partial charge on any atom is 0.271 e. The Kier molecular flexibility index (Phi) is 3.73. The molecule has 1 aromatic heterocycles. The second-order valence-corrected chi connectivity index (χ2v) is 5.48. The predicted molar refractivity (Wildman–Crippen MR) is 71.7 cm³/mol. The van der Waals surface area contributed by atoms with Crippen molar-refractivity contribution in [2.45, 2.75) is 44.2 Å². The van der Waals surface area contributed by atoms with Gasteiger partial charge in [0, 0.05) is 37.6 Å². The number of likely N-dealkylation sites (tertiary alicyclic amines) is 1. The number of rotatable bonds is 3. The fourth-order valence-corrected chi connectivity index (χ4v) is 3.18. The molecule has 5 heteroatoms. The first-order chi connectivity index (χ1) is 9.33. The van der Waals surface area contributed by atoms with E-state index in [4.69, 9.17) is 0 Å². The van der Waals surface area contributed by atoms with Crippen LogP contribution in [0.15, 0.2) is 18.6 Å². The molecule has 1 atom stereocenters. The molecule has 1 aliphatic heterocycles. The van der Waals surface area contributed by atoms with Gasteiger partial charge in [-0.25, -0.2) is 4.98 Å². The summed E-state index contributed by atoms with van der Waals surface area (Å²) < 4.78 is 0. The van der Waals surface area contributed by atoms with Crippen LogP contribution in [0.2, 0.25) is 0 Å². The molecule has 1 unspecified atom stereocenters. The topological polar surface area (TPSA) is 58.1 Å². The van der Waals surface area contributed by atoms with Crippen LogP contribution in [0.5, 0.6) is 0 Å². The number of carbonyl (C=O) groups excluding carboxylic acids is 1. The quantitative estimate of drug-likeness (QED) is 0.888. The van der Waals surface area contributed by atoms with E-state index < -0.39 is 0 Å². The Bertz CT molecular complexity index is 430. The van der Waals surface area contributed by atoms with Crippen molar-refractivity contribution in [3.63, 3.8) is 0 Å². The van der Waals surface area contributed by atoms with Gasteiger partial charge in [-0.05, 0) is 19.3 Å². The molecule has 1 aliphatic carbocycles. The molecule has 2 heterocycles. The summed E-state index contributed by atoms with van der Waals surface area (Å²) in [6, 6.07) is 1.01. The molecule has 19 heavy (non-hydrogen) atoms. The Morgan fingerprint density at radius 3 is 2.84 bits per heavy atom. The molecule has 0 aromatic carbocycles. The third-order valence-electron chi connectivity index (χ3n) is 4.19. The summed E-state index contributed by atoms with van der Waals surface area (Å²) in [6.45, 7) is 2.09. The maximum absolute atomic E-state index is 12.0. The van der Waals surface area contributed by atoms with Gasteiger partial charge in [0.25, 0.3) is 5.91 Å². The first kappa shape index (κ1) is 12.5. The molecular formula is C14H20N4O. The van der Waals surface area contributed by atoms with E-state index in [1.54, 1.807) is 12.4 Å². The molecule has 0 bridgehead atoms. The number of amides is 1. The van der Waals surface area contributed by atoms with Crippen LogP contribution in [0.1, 0.15) is 42.6 Å². The van der Waals surface area contributed by atoms with E-state index in [0.29, 0.717) is 5.69 Å². The van der Waals surface area contributed by atoms with Crippen LogP contribution in [0.4, 0.5) is 0 Å². The largest absolute Gasteiger partial charge is 0.347 e. The van der Waals surface area contributed by atoms with Crippen molar-refractivity contribution < 1.29 is 4.79 Å². The fourth-order valence-electron chi connectivity index (χ4n) is 3.18. The molecular weight excluding hydrogens is 240 g/mol. The average molecular weight is 260 g/mol. The van der Waals surface area contributed by atoms with Crippen LogP contribution >= 0.6 is 0 Å². The molecule has 1 N–H and O–H groups in total. The first-order valence-electron chi connectivity index (χ1n) is 7.14. The zero-order valence-corrected chi connectivity index (χ0v) is 11.1. The second kappa shape index (κ2) is 5.65. The Morgan fingerprint density at radius 1 is 1.26 bits per heavy atom. The number of aromatic nitrogens is 2. The summed E-state index contributed by atoms with van der Waals surface area (Å²) in [5.41, 5.74) is 0.404. The highest BCUT2D eigenvalue weighted by Crippen LogP contribution is 2.26. The molecule has 0 radical (unpaired) electrons. The Labute approximate surface area is 113 Å². The molecule has 1 aromatic rings. The smallest absolute Gasteiger partial charge is 0.271 e. The van der Waals surface area contributed by atoms with Gasteiger partial charge in [-0.15, -0.1) is 0 Å². The molecule has 1 saturated carbocycles. The van der Waals surface area contributed by atoms with Crippen LogP contribution < -0.4 is 5.32 Å². The SMILES string of the molecule is O=C(NC1CCN(C2CCCC2)C1)c1cnccn1. The monoisotopic (exact) mass is 260 g/mol. The summed E-state index contributed by atoms with van der Waals surface area (Å²) in [5, 5.41) is 3.07. The summed E-state index contributed by atoms with van der Waals surface area (Å²) >= 11 is 0. The van der Waals surface area contributed by atoms with Crippen molar-refractivity contribution >= 4 is 5.91 Å². The van der Waals surface area contributed by atoms with Gasteiger partial charge in [-0.1, -0.05) is 12.8 Å². The van der Waals surface area contributed by atoms with Crippen LogP contribution in [-0.4, -0.2) is 45.9 Å². The van der Waals surface area contributed by atoms with E-state index in [-0.39, 0.29) is 11.9 Å². The third-order valence-corrected chi connectivity index (χ3v) is 4.19. The van der Waals surface area contributed by atoms with Gasteiger partial charge < -0.3 is 5.32 Å². The van der Waals surface area contributed by atoms with Crippen LogP contribution in [0.25, 0.3) is 0 Å². The first-order valence-corrected chi connectivity index (χ1v) is 7.14. The van der Waals surface area contributed by atoms with Crippen molar-refractivity contribution in [3.8, 4) is 0 Å². The molecule has 5 nitrogen and oxygen atoms in total. The third kappa shape index (κ3) is 2.92. The number of carbonyl (C=O) groups is 1. The number of nitrogens with zero attached hydrogens (tertiary/aromatic N) is 3. The van der Waals surface area contributed by atoms with Crippen molar-refractivity contribution in [1.29, 1.82) is 0 Å². The molecule has 102 valence electrons. The highest BCUT2D eigenvalue weighted by Gasteiger charge is 2.30. The van der Waals surface area contributed by atoms with Gasteiger partial charge in [0.15, 0.2) is 0 Å². The Hall–Kier alpha value is -1.49. The van der Waals surface area contributed by atoms with E-state index in [2.05, 4.69) is 20.2 Å². The van der Waals surface area contributed by atoms with Gasteiger partial charge in [-0.2, -0.15) is 0 Å². The van der Waals surface area contributed by atoms with Gasteiger partial charge >= 0.3 is 0 Å². The van der Waals surface area contributed by atoms with Crippen molar-refractivity contribution in [3.05, 3.63) is 24.3 Å². The van der Waals surface area contributed by atoms with E-state index in [1.165, 1.54) is 31.9 Å². The lowest BCUT2D eigenvalue weighted by molar-refractivity contribution is 0.0930. The standard InChI is InChI=1S/C14H20N4O/c19-14(13-9-15-6-7-16-13)17-11-5-8-18(10-11)12-3-1-2-4-12/h6-7,9,11-12H,1-5,8,10H2,(H,17,19). The van der Waals surface area contributed by atoms with Crippen LogP contribution in [0, 0.1) is 0 Å². The molecule has 2 aliphatic rings. The minimum Gasteiger partial charge on any atom is -0.347 e. The maximum atomic E-state index is 12.0. The highest BCUT2D eigenvalue weighted by atomic mass is 16.2. The van der Waals surface area contributed by atoms with Gasteiger partial charge in [0.05, 0.1) is 6.20 Å². The molecule has 1 amide bonds. The highest BCUT2D eigenvalue weighted by molar-refractivity contribution is 5.92. The van der Waals surface area contributed by atoms with Gasteiger partial charge in [0.1, 0.15) is 5.69 Å². The zero-order chi connectivity index (χ0) is 13.1. The Morgan fingerprint density at radius 2 is 2.11 bits per heavy atom. The number of hydrogen-bond acceptors (Lipinski definition) is 4. The number of nitrogens with one attached hydrogen (secondary N) is 1. The lowest BCUT2D eigenvalue weighted by Crippen LogP contribution is -2.39. The minimum absolute atomic E-state index is 0.105. The lowest BCUT2D eigenvalue weighted by atomic mass is 10.2. The molecule has 2 fully saturated rings. The van der Waals surface area contributed by atoms with Crippen molar-refractivity contribution in [2.75, 3.05) is 13.1 Å². The van der Waals surface area contributed by atoms with Crippen molar-refractivity contribution in [1.82, 2.24) is 20.2 Å². The van der Waals surface area contributed by atoms with E-state index in [9.17, 15) is 4.79 Å². The van der Waals surface area contributed by atoms with E-state index >= 15 is 0 Å². The predicted octanol–water partition coefficient (Wildman–Crippen LogP) is 1.22. The summed E-state index contributed by atoms with van der Waals surface area (Å²) in [4.78, 5) is 22.5. The lowest BCUT2D eigenvalue weighted by Gasteiger charge is -2.23. The Balaban J connectivity index is 1.53. The number of hydrogen-bond donors (Lipinski definition) is 1. The van der Waals surface area contributed by atoms with Crippen molar-refractivity contribution in [2.24, 2.45) is 0 Å². The second-order valence-electron chi connectivity index (χ2n) is 5.48. The molecule has 1 saturated heterocycles. The van der Waals surface area contributed by atoms with Crippen LogP contribution in [0.3, 0.4) is 0 Å². The van der Waals surface area contributed by atoms with E-state index in [1.807, 2.05) is 0 Å². The molecule has 3 rings (SSSR count). The fraction of sp³-hybridized carbons (Fsp3) is 0.643. The van der Waals surface area contributed by atoms with Crippen LogP contribution in [-0.2, 0) is 0 Å². The summed E-state index contributed by atoms with van der Waals surface area (Å²) in [5.74, 6) is -0.105. The van der Waals surface area contributed by atoms with Gasteiger partial charge in [-0.3, -0.25) is 14.7 Å². The minimum atomic E-state index is -0.105.